The molecular formula is C42H69KO7S. The van der Waals surface area contributed by atoms with Crippen molar-refractivity contribution in [3.8, 4) is 0 Å². The zero-order valence-corrected chi connectivity index (χ0v) is 36.5. The molecule has 9 heteroatoms. The molecule has 1 aromatic carbocycles. The molecule has 0 atom stereocenters. The number of unbranched alkanes of at least 4 members (excludes halogenated alkanes) is 22. The van der Waals surface area contributed by atoms with Crippen LogP contribution in [0.3, 0.4) is 0 Å². The molecule has 1 rings (SSSR count). The van der Waals surface area contributed by atoms with Crippen LogP contribution >= 0.6 is 0 Å². The van der Waals surface area contributed by atoms with Gasteiger partial charge < -0.3 is 14.0 Å². The average Bonchev–Trinajstić information content (AvgIpc) is 3.10. The van der Waals surface area contributed by atoms with Crippen LogP contribution in [0.5, 0.6) is 0 Å². The SMILES string of the molecule is CCCCCCCC/C=C/CCCCCCCOC(=O)c1cccc(S(=O)(=O)[O-])c1C(=O)OCCCCCCC/C=C/CCCCCCCC.[K+]. The summed E-state index contributed by atoms with van der Waals surface area (Å²) in [5.74, 6) is -1.83. The van der Waals surface area contributed by atoms with Crippen molar-refractivity contribution in [3.05, 3.63) is 53.6 Å². The van der Waals surface area contributed by atoms with E-state index in [2.05, 4.69) is 38.2 Å². The zero-order chi connectivity index (χ0) is 36.5. The third-order valence-corrected chi connectivity index (χ3v) is 9.88. The minimum atomic E-state index is -5.02. The van der Waals surface area contributed by atoms with Crippen LogP contribution in [-0.2, 0) is 19.6 Å². The molecule has 1 aromatic rings. The Labute approximate surface area is 354 Å². The van der Waals surface area contributed by atoms with Crippen molar-refractivity contribution in [2.75, 3.05) is 13.2 Å². The summed E-state index contributed by atoms with van der Waals surface area (Å²) in [7, 11) is -5.02. The maximum Gasteiger partial charge on any atom is 1.00 e. The van der Waals surface area contributed by atoms with Gasteiger partial charge >= 0.3 is 63.3 Å². The molecule has 0 saturated carbocycles. The molecule has 0 bridgehead atoms. The largest absolute Gasteiger partial charge is 1.00 e. The summed E-state index contributed by atoms with van der Waals surface area (Å²) < 4.78 is 46.6. The fraction of sp³-hybridized carbons (Fsp3) is 0.714. The number of hydrogen-bond acceptors (Lipinski definition) is 7. The average molecular weight is 757 g/mol. The van der Waals surface area contributed by atoms with Crippen LogP contribution in [0, 0.1) is 0 Å². The molecule has 0 radical (unpaired) electrons. The zero-order valence-electron chi connectivity index (χ0n) is 32.6. The van der Waals surface area contributed by atoms with Crippen LogP contribution < -0.4 is 51.4 Å². The van der Waals surface area contributed by atoms with Crippen molar-refractivity contribution in [2.24, 2.45) is 0 Å². The minimum absolute atomic E-state index is 0. The van der Waals surface area contributed by atoms with E-state index in [4.69, 9.17) is 9.47 Å². The van der Waals surface area contributed by atoms with Gasteiger partial charge in [-0.3, -0.25) is 0 Å². The Balaban J connectivity index is 0.0000250. The fourth-order valence-corrected chi connectivity index (χ4v) is 6.63. The molecule has 0 fully saturated rings. The number of rotatable bonds is 33. The first-order chi connectivity index (χ1) is 24.3. The quantitative estimate of drug-likeness (QED) is 0.0231. The van der Waals surface area contributed by atoms with Crippen LogP contribution in [0.2, 0.25) is 0 Å². The molecule has 286 valence electrons. The van der Waals surface area contributed by atoms with E-state index < -0.39 is 32.5 Å². The van der Waals surface area contributed by atoms with Gasteiger partial charge in [0.1, 0.15) is 10.1 Å². The summed E-state index contributed by atoms with van der Waals surface area (Å²) >= 11 is 0. The Morgan fingerprint density at radius 3 is 1.29 bits per heavy atom. The monoisotopic (exact) mass is 756 g/mol. The predicted molar refractivity (Wildman–Crippen MR) is 205 cm³/mol. The van der Waals surface area contributed by atoms with E-state index >= 15 is 0 Å². The van der Waals surface area contributed by atoms with Gasteiger partial charge in [0.2, 0.25) is 0 Å². The van der Waals surface area contributed by atoms with E-state index in [0.29, 0.717) is 12.8 Å². The van der Waals surface area contributed by atoms with E-state index in [1.165, 1.54) is 95.6 Å². The van der Waals surface area contributed by atoms with Gasteiger partial charge in [-0.1, -0.05) is 147 Å². The summed E-state index contributed by atoms with van der Waals surface area (Å²) in [4.78, 5) is 25.1. The van der Waals surface area contributed by atoms with Crippen LogP contribution in [0.25, 0.3) is 0 Å². The predicted octanol–water partition coefficient (Wildman–Crippen LogP) is 9.20. The first-order valence-electron chi connectivity index (χ1n) is 20.1. The first kappa shape index (κ1) is 50.2. The molecule has 0 saturated heterocycles. The van der Waals surface area contributed by atoms with Crippen LogP contribution in [0.1, 0.15) is 202 Å². The maximum absolute atomic E-state index is 13.0. The Morgan fingerprint density at radius 1 is 0.549 bits per heavy atom. The van der Waals surface area contributed by atoms with Gasteiger partial charge in [-0.15, -0.1) is 0 Å². The topological polar surface area (TPSA) is 110 Å². The number of carbonyl (C=O) groups is 2. The second-order valence-electron chi connectivity index (χ2n) is 13.6. The molecule has 0 aromatic heterocycles. The molecule has 7 nitrogen and oxygen atoms in total. The smallest absolute Gasteiger partial charge is 0.744 e. The summed E-state index contributed by atoms with van der Waals surface area (Å²) in [5.41, 5.74) is -0.797. The van der Waals surface area contributed by atoms with E-state index in [9.17, 15) is 22.6 Å². The molecular weight excluding hydrogens is 688 g/mol. The van der Waals surface area contributed by atoms with Crippen molar-refractivity contribution in [1.82, 2.24) is 0 Å². The molecule has 0 heterocycles. The molecule has 51 heavy (non-hydrogen) atoms. The van der Waals surface area contributed by atoms with Gasteiger partial charge in [0.05, 0.1) is 29.2 Å². The number of hydrogen-bond donors (Lipinski definition) is 0. The second kappa shape index (κ2) is 34.9. The van der Waals surface area contributed by atoms with Crippen molar-refractivity contribution >= 4 is 22.1 Å². The Morgan fingerprint density at radius 2 is 0.902 bits per heavy atom. The molecule has 0 aliphatic carbocycles. The van der Waals surface area contributed by atoms with Crippen LogP contribution in [-0.4, -0.2) is 38.1 Å². The minimum Gasteiger partial charge on any atom is -0.744 e. The van der Waals surface area contributed by atoms with Gasteiger partial charge in [0, 0.05) is 0 Å². The van der Waals surface area contributed by atoms with E-state index in [1.807, 2.05) is 0 Å². The Bertz CT molecular complexity index is 1180. The van der Waals surface area contributed by atoms with Crippen molar-refractivity contribution < 1.29 is 83.4 Å². The third kappa shape index (κ3) is 27.4. The summed E-state index contributed by atoms with van der Waals surface area (Å²) in [6.07, 6.45) is 38.9. The van der Waals surface area contributed by atoms with Gasteiger partial charge in [-0.2, -0.15) is 0 Å². The Kier molecular flexibility index (Phi) is 34.4. The van der Waals surface area contributed by atoms with Gasteiger partial charge in [-0.25, -0.2) is 18.0 Å². The number of ether oxygens (including phenoxy) is 2. The van der Waals surface area contributed by atoms with Crippen LogP contribution in [0.4, 0.5) is 0 Å². The number of benzene rings is 1. The van der Waals surface area contributed by atoms with Gasteiger partial charge in [0.15, 0.2) is 0 Å². The maximum atomic E-state index is 13.0. The molecule has 0 spiro atoms. The molecule has 0 aliphatic rings. The summed E-state index contributed by atoms with van der Waals surface area (Å²) in [6, 6.07) is 3.60. The second-order valence-corrected chi connectivity index (χ2v) is 14.9. The molecule has 0 aliphatic heterocycles. The standard InChI is InChI=1S/C42H70O7S.K/c1-3-5-7-9-11-13-15-17-19-21-23-25-27-29-31-36-48-41(43)38-34-33-35-39(50(45,46)47)40(38)42(44)49-37-32-30-28-26-24-22-20-18-16-14-12-10-8-6-4-2;/h17-20,33-35H,3-16,21-32,36-37H2,1-2H3,(H,45,46,47);/q;+1/p-1/b19-17+,20-18+;. The number of allylic oxidation sites excluding steroid dienone is 4. The normalized spacial score (nSPS) is 11.7. The van der Waals surface area contributed by atoms with Crippen molar-refractivity contribution in [3.63, 3.8) is 0 Å². The molecule has 0 amide bonds. The first-order valence-corrected chi connectivity index (χ1v) is 21.5. The van der Waals surface area contributed by atoms with Gasteiger partial charge in [0.25, 0.3) is 0 Å². The van der Waals surface area contributed by atoms with E-state index in [1.54, 1.807) is 0 Å². The van der Waals surface area contributed by atoms with E-state index in [0.717, 1.165) is 76.7 Å². The molecule has 0 unspecified atom stereocenters. The van der Waals surface area contributed by atoms with Crippen LogP contribution in [0.15, 0.2) is 47.4 Å². The van der Waals surface area contributed by atoms with Gasteiger partial charge in [-0.05, 0) is 76.3 Å². The number of esters is 2. The molecule has 0 N–H and O–H groups in total. The summed E-state index contributed by atoms with van der Waals surface area (Å²) in [5, 5.41) is 0. The number of carbonyl (C=O) groups excluding carboxylic acids is 2. The van der Waals surface area contributed by atoms with E-state index in [-0.39, 0.29) is 70.2 Å². The summed E-state index contributed by atoms with van der Waals surface area (Å²) in [6.45, 7) is 4.70. The Hall–Kier alpha value is -0.814. The van der Waals surface area contributed by atoms with Crippen molar-refractivity contribution in [2.45, 2.75) is 186 Å². The fourth-order valence-electron chi connectivity index (χ4n) is 5.95. The third-order valence-electron chi connectivity index (χ3n) is 9.00. The van der Waals surface area contributed by atoms with Crippen molar-refractivity contribution in [1.29, 1.82) is 0 Å².